The zero-order chi connectivity index (χ0) is 12.8. The number of Topliss-reactive ketones (excluding diaryl/α,β-unsaturated/α-hetero) is 1. The number of nitrogens with zero attached hydrogens (tertiary/aromatic N) is 1. The Morgan fingerprint density at radius 2 is 2.06 bits per heavy atom. The van der Waals surface area contributed by atoms with E-state index >= 15 is 0 Å². The summed E-state index contributed by atoms with van der Waals surface area (Å²) in [7, 11) is 0. The maximum Gasteiger partial charge on any atom is 0.176 e. The summed E-state index contributed by atoms with van der Waals surface area (Å²) in [6, 6.07) is 7.94. The van der Waals surface area contributed by atoms with Crippen LogP contribution < -0.4 is 0 Å². The van der Waals surface area contributed by atoms with Gasteiger partial charge in [-0.2, -0.15) is 11.8 Å². The first-order chi connectivity index (χ1) is 8.79. The number of benzene rings is 1. The average Bonchev–Trinajstić information content (AvgIpc) is 2.67. The van der Waals surface area contributed by atoms with Crippen molar-refractivity contribution in [3.05, 3.63) is 29.8 Å². The van der Waals surface area contributed by atoms with E-state index in [1.54, 1.807) is 11.8 Å². The van der Waals surface area contributed by atoms with Gasteiger partial charge >= 0.3 is 0 Å². The van der Waals surface area contributed by atoms with E-state index in [0.29, 0.717) is 6.54 Å². The van der Waals surface area contributed by atoms with Crippen LogP contribution in [0.4, 0.5) is 0 Å². The van der Waals surface area contributed by atoms with Crippen molar-refractivity contribution >= 4 is 29.3 Å². The van der Waals surface area contributed by atoms with Crippen molar-refractivity contribution in [2.24, 2.45) is 0 Å². The summed E-state index contributed by atoms with van der Waals surface area (Å²) >= 11 is 3.69. The summed E-state index contributed by atoms with van der Waals surface area (Å²) < 4.78 is 0. The van der Waals surface area contributed by atoms with Gasteiger partial charge in [-0.3, -0.25) is 9.69 Å². The molecule has 0 aromatic heterocycles. The van der Waals surface area contributed by atoms with Crippen molar-refractivity contribution < 1.29 is 4.79 Å². The van der Waals surface area contributed by atoms with Crippen molar-refractivity contribution in [2.75, 3.05) is 37.4 Å². The lowest BCUT2D eigenvalue weighted by atomic mass is 10.1. The number of carbonyl (C=O) groups excluding carboxylic acids is 1. The summed E-state index contributed by atoms with van der Waals surface area (Å²) in [5.74, 6) is 2.63. The van der Waals surface area contributed by atoms with Crippen LogP contribution in [0.2, 0.25) is 0 Å². The Hall–Kier alpha value is -0.450. The molecule has 98 valence electrons. The first kappa shape index (κ1) is 14.0. The molecule has 2 nitrogen and oxygen atoms in total. The first-order valence-corrected chi connectivity index (χ1v) is 8.65. The number of carbonyl (C=O) groups is 1. The van der Waals surface area contributed by atoms with Crippen molar-refractivity contribution in [2.45, 2.75) is 11.3 Å². The summed E-state index contributed by atoms with van der Waals surface area (Å²) in [6.45, 7) is 2.67. The van der Waals surface area contributed by atoms with Crippen LogP contribution in [-0.2, 0) is 0 Å². The van der Waals surface area contributed by atoms with Gasteiger partial charge in [-0.15, -0.1) is 11.8 Å². The van der Waals surface area contributed by atoms with E-state index in [9.17, 15) is 4.79 Å². The van der Waals surface area contributed by atoms with Gasteiger partial charge in [0.2, 0.25) is 0 Å². The van der Waals surface area contributed by atoms with Crippen LogP contribution >= 0.6 is 23.5 Å². The van der Waals surface area contributed by atoms with Gasteiger partial charge < -0.3 is 0 Å². The monoisotopic (exact) mass is 281 g/mol. The lowest BCUT2D eigenvalue weighted by Gasteiger charge is -2.18. The van der Waals surface area contributed by atoms with Crippen LogP contribution in [-0.4, -0.2) is 48.1 Å². The second-order valence-corrected chi connectivity index (χ2v) is 6.50. The normalized spacial score (nSPS) is 17.4. The van der Waals surface area contributed by atoms with Crippen molar-refractivity contribution in [1.82, 2.24) is 4.90 Å². The van der Waals surface area contributed by atoms with Crippen LogP contribution in [0.25, 0.3) is 0 Å². The average molecular weight is 281 g/mol. The number of thioether (sulfide) groups is 2. The summed E-state index contributed by atoms with van der Waals surface area (Å²) in [5, 5.41) is 0. The van der Waals surface area contributed by atoms with E-state index in [0.717, 1.165) is 24.4 Å². The van der Waals surface area contributed by atoms with Gasteiger partial charge in [0.25, 0.3) is 0 Å². The molecule has 1 aliphatic heterocycles. The molecular formula is C14H19NOS2. The Morgan fingerprint density at radius 1 is 1.28 bits per heavy atom. The smallest absolute Gasteiger partial charge is 0.176 e. The molecule has 0 bridgehead atoms. The van der Waals surface area contributed by atoms with Crippen molar-refractivity contribution in [3.63, 3.8) is 0 Å². The molecule has 1 fully saturated rings. The van der Waals surface area contributed by atoms with E-state index in [4.69, 9.17) is 0 Å². The standard InChI is InChI=1S/C14H19NOS2/c1-17-13-5-3-12(4-6-13)14(16)11-15-7-2-9-18-10-8-15/h3-6H,2,7-11H2,1H3. The zero-order valence-electron chi connectivity index (χ0n) is 10.7. The van der Waals surface area contributed by atoms with Gasteiger partial charge in [-0.25, -0.2) is 0 Å². The molecular weight excluding hydrogens is 262 g/mol. The predicted octanol–water partition coefficient (Wildman–Crippen LogP) is 3.03. The topological polar surface area (TPSA) is 20.3 Å². The van der Waals surface area contributed by atoms with Crippen LogP contribution in [0.1, 0.15) is 16.8 Å². The Bertz CT molecular complexity index is 383. The van der Waals surface area contributed by atoms with E-state index in [1.165, 1.54) is 17.1 Å². The van der Waals surface area contributed by atoms with Gasteiger partial charge in [0, 0.05) is 22.8 Å². The van der Waals surface area contributed by atoms with E-state index in [1.807, 2.05) is 42.3 Å². The Labute approximate surface area is 118 Å². The second-order valence-electron chi connectivity index (χ2n) is 4.39. The van der Waals surface area contributed by atoms with Gasteiger partial charge in [0.15, 0.2) is 5.78 Å². The fourth-order valence-corrected chi connectivity index (χ4v) is 3.36. The van der Waals surface area contributed by atoms with Gasteiger partial charge in [0.05, 0.1) is 6.54 Å². The SMILES string of the molecule is CSc1ccc(C(=O)CN2CCCSCC2)cc1. The van der Waals surface area contributed by atoms with E-state index in [2.05, 4.69) is 4.90 Å². The summed E-state index contributed by atoms with van der Waals surface area (Å²) in [5.41, 5.74) is 0.838. The fourth-order valence-electron chi connectivity index (χ4n) is 2.03. The molecule has 0 radical (unpaired) electrons. The molecule has 1 heterocycles. The molecule has 1 aromatic rings. The molecule has 0 aliphatic carbocycles. The molecule has 1 saturated heterocycles. The number of hydrogen-bond donors (Lipinski definition) is 0. The van der Waals surface area contributed by atoms with Crippen LogP contribution in [0.5, 0.6) is 0 Å². The third-order valence-corrected chi connectivity index (χ3v) is 4.89. The number of ketones is 1. The predicted molar refractivity (Wildman–Crippen MR) is 80.9 cm³/mol. The highest BCUT2D eigenvalue weighted by molar-refractivity contribution is 7.99. The highest BCUT2D eigenvalue weighted by Gasteiger charge is 2.14. The Balaban J connectivity index is 1.93. The maximum atomic E-state index is 12.2. The molecule has 0 unspecified atom stereocenters. The Kier molecular flexibility index (Phi) is 5.60. The quantitative estimate of drug-likeness (QED) is 0.624. The molecule has 1 aromatic carbocycles. The molecule has 0 saturated carbocycles. The van der Waals surface area contributed by atoms with Crippen molar-refractivity contribution in [3.8, 4) is 0 Å². The van der Waals surface area contributed by atoms with Crippen molar-refractivity contribution in [1.29, 1.82) is 0 Å². The van der Waals surface area contributed by atoms with Crippen LogP contribution in [0, 0.1) is 0 Å². The van der Waals surface area contributed by atoms with E-state index in [-0.39, 0.29) is 5.78 Å². The van der Waals surface area contributed by atoms with Gasteiger partial charge in [-0.1, -0.05) is 12.1 Å². The minimum Gasteiger partial charge on any atom is -0.295 e. The zero-order valence-corrected chi connectivity index (χ0v) is 12.4. The number of rotatable bonds is 4. The lowest BCUT2D eigenvalue weighted by molar-refractivity contribution is 0.0936. The van der Waals surface area contributed by atoms with Gasteiger partial charge in [-0.05, 0) is 37.1 Å². The van der Waals surface area contributed by atoms with Crippen LogP contribution in [0.15, 0.2) is 29.2 Å². The molecule has 0 amide bonds. The minimum atomic E-state index is 0.245. The molecule has 4 heteroatoms. The molecule has 0 atom stereocenters. The Morgan fingerprint density at radius 3 is 2.78 bits per heavy atom. The van der Waals surface area contributed by atoms with E-state index < -0.39 is 0 Å². The second kappa shape index (κ2) is 7.22. The highest BCUT2D eigenvalue weighted by Crippen LogP contribution is 2.16. The molecule has 18 heavy (non-hydrogen) atoms. The summed E-state index contributed by atoms with van der Waals surface area (Å²) in [6.07, 6.45) is 3.25. The first-order valence-electron chi connectivity index (χ1n) is 6.27. The fraction of sp³-hybridized carbons (Fsp3) is 0.500. The third kappa shape index (κ3) is 4.04. The molecule has 2 rings (SSSR count). The van der Waals surface area contributed by atoms with Gasteiger partial charge in [0.1, 0.15) is 0 Å². The highest BCUT2D eigenvalue weighted by atomic mass is 32.2. The third-order valence-electron chi connectivity index (χ3n) is 3.09. The largest absolute Gasteiger partial charge is 0.295 e. The molecule has 0 N–H and O–H groups in total. The molecule has 0 spiro atoms. The lowest BCUT2D eigenvalue weighted by Crippen LogP contribution is -2.31. The summed E-state index contributed by atoms with van der Waals surface area (Å²) in [4.78, 5) is 15.7. The maximum absolute atomic E-state index is 12.2. The van der Waals surface area contributed by atoms with Crippen LogP contribution in [0.3, 0.4) is 0 Å². The number of hydrogen-bond acceptors (Lipinski definition) is 4. The molecule has 1 aliphatic rings. The minimum absolute atomic E-state index is 0.245.